The molecule has 92 valence electrons. The molecule has 3 nitrogen and oxygen atoms in total. The molecule has 18 heavy (non-hydrogen) atoms. The van der Waals surface area contributed by atoms with E-state index in [2.05, 4.69) is 6.07 Å². The van der Waals surface area contributed by atoms with Crippen LogP contribution in [0.25, 0.3) is 6.08 Å². The number of benzene rings is 1. The number of nitrogens with two attached hydrogens (primary N) is 1. The van der Waals surface area contributed by atoms with Crippen LogP contribution in [0, 0.1) is 11.3 Å². The monoisotopic (exact) mass is 240 g/mol. The van der Waals surface area contributed by atoms with Gasteiger partial charge in [-0.1, -0.05) is 24.3 Å². The molecule has 0 aromatic heterocycles. The Bertz CT molecular complexity index is 545. The van der Waals surface area contributed by atoms with Gasteiger partial charge in [0.25, 0.3) is 0 Å². The molecular weight excluding hydrogens is 224 g/mol. The number of nitrogens with zero attached hydrogens (tertiary/aromatic N) is 1. The van der Waals surface area contributed by atoms with Gasteiger partial charge in [0.2, 0.25) is 0 Å². The van der Waals surface area contributed by atoms with E-state index < -0.39 is 5.60 Å². The normalized spacial score (nSPS) is 18.3. The molecule has 3 heteroatoms. The van der Waals surface area contributed by atoms with Gasteiger partial charge < -0.3 is 10.5 Å². The molecule has 2 N–H and O–H groups in total. The molecule has 0 unspecified atom stereocenters. The average molecular weight is 240 g/mol. The Balaban J connectivity index is 2.28. The van der Waals surface area contributed by atoms with Crippen molar-refractivity contribution in [2.24, 2.45) is 0 Å². The van der Waals surface area contributed by atoms with Crippen molar-refractivity contribution >= 4 is 11.8 Å². The van der Waals surface area contributed by atoms with Crippen LogP contribution in [-0.2, 0) is 4.74 Å². The molecule has 0 atom stereocenters. The van der Waals surface area contributed by atoms with Crippen molar-refractivity contribution in [1.82, 2.24) is 0 Å². The van der Waals surface area contributed by atoms with E-state index >= 15 is 0 Å². The minimum Gasteiger partial charge on any atom is -0.399 e. The Kier molecular flexibility index (Phi) is 3.22. The molecule has 1 aliphatic heterocycles. The second kappa shape index (κ2) is 4.67. The van der Waals surface area contributed by atoms with E-state index in [0.717, 1.165) is 16.8 Å². The van der Waals surface area contributed by atoms with Crippen molar-refractivity contribution in [2.45, 2.75) is 19.4 Å². The molecule has 1 aliphatic rings. The first-order valence-corrected chi connectivity index (χ1v) is 5.84. The number of hydrogen-bond donors (Lipinski definition) is 1. The molecule has 0 saturated carbocycles. The van der Waals surface area contributed by atoms with Crippen LogP contribution < -0.4 is 5.73 Å². The molecule has 0 spiro atoms. The maximum Gasteiger partial charge on any atom is 0.0975 e. The zero-order valence-electron chi connectivity index (χ0n) is 10.6. The van der Waals surface area contributed by atoms with Crippen LogP contribution in [0.4, 0.5) is 5.69 Å². The number of ether oxygens (including phenoxy) is 1. The predicted octanol–water partition coefficient (Wildman–Crippen LogP) is 2.91. The molecule has 2 rings (SSSR count). The summed E-state index contributed by atoms with van der Waals surface area (Å²) in [4.78, 5) is 0. The lowest BCUT2D eigenvalue weighted by Crippen LogP contribution is -2.20. The quantitative estimate of drug-likeness (QED) is 0.808. The highest BCUT2D eigenvalue weighted by Crippen LogP contribution is 2.32. The zero-order valence-corrected chi connectivity index (χ0v) is 10.6. The smallest absolute Gasteiger partial charge is 0.0975 e. The summed E-state index contributed by atoms with van der Waals surface area (Å²) >= 11 is 0. The summed E-state index contributed by atoms with van der Waals surface area (Å²) in [7, 11) is 0. The van der Waals surface area contributed by atoms with Crippen molar-refractivity contribution in [1.29, 1.82) is 5.26 Å². The fourth-order valence-corrected chi connectivity index (χ4v) is 1.95. The highest BCUT2D eigenvalue weighted by atomic mass is 16.5. The molecule has 1 aromatic carbocycles. The highest BCUT2D eigenvalue weighted by molar-refractivity contribution is 5.59. The van der Waals surface area contributed by atoms with Gasteiger partial charge in [-0.25, -0.2) is 0 Å². The van der Waals surface area contributed by atoms with Crippen LogP contribution in [0.5, 0.6) is 0 Å². The van der Waals surface area contributed by atoms with Gasteiger partial charge in [0.15, 0.2) is 0 Å². The Morgan fingerprint density at radius 2 is 1.94 bits per heavy atom. The molecular formula is C15H16N2O. The Morgan fingerprint density at radius 1 is 1.28 bits per heavy atom. The average Bonchev–Trinajstić information content (AvgIpc) is 2.63. The van der Waals surface area contributed by atoms with Crippen LogP contribution in [0.3, 0.4) is 0 Å². The first-order chi connectivity index (χ1) is 8.53. The Labute approximate surface area is 107 Å². The third kappa shape index (κ3) is 2.44. The third-order valence-corrected chi connectivity index (χ3v) is 3.06. The lowest BCUT2D eigenvalue weighted by Gasteiger charge is -2.19. The van der Waals surface area contributed by atoms with Gasteiger partial charge in [0.1, 0.15) is 0 Å². The summed E-state index contributed by atoms with van der Waals surface area (Å²) in [5.74, 6) is 0. The SMILES string of the molecule is CC1(C)OCC(C#N)=C1C=Cc1ccc(N)cc1. The maximum absolute atomic E-state index is 9.06. The predicted molar refractivity (Wildman–Crippen MR) is 72.6 cm³/mol. The largest absolute Gasteiger partial charge is 0.399 e. The van der Waals surface area contributed by atoms with Crippen LogP contribution in [0.1, 0.15) is 19.4 Å². The number of anilines is 1. The minimum absolute atomic E-state index is 0.393. The second-order valence-corrected chi connectivity index (χ2v) is 4.80. The number of rotatable bonds is 2. The summed E-state index contributed by atoms with van der Waals surface area (Å²) < 4.78 is 5.60. The van der Waals surface area contributed by atoms with Crippen LogP contribution in [0.15, 0.2) is 41.5 Å². The standard InChI is InChI=1S/C15H16N2O/c1-15(2)14(12(9-16)10-18-15)8-5-11-3-6-13(17)7-4-11/h3-8H,10,17H2,1-2H3. The summed E-state index contributed by atoms with van der Waals surface area (Å²) in [6.07, 6.45) is 3.93. The number of nitrogen functional groups attached to an aromatic ring is 1. The van der Waals surface area contributed by atoms with Crippen molar-refractivity contribution in [3.05, 3.63) is 47.1 Å². The number of nitriles is 1. The van der Waals surface area contributed by atoms with E-state index in [-0.39, 0.29) is 0 Å². The van der Waals surface area contributed by atoms with Crippen molar-refractivity contribution < 1.29 is 4.74 Å². The van der Waals surface area contributed by atoms with Gasteiger partial charge >= 0.3 is 0 Å². The first-order valence-electron chi connectivity index (χ1n) is 5.84. The van der Waals surface area contributed by atoms with Gasteiger partial charge in [0.05, 0.1) is 23.9 Å². The molecule has 0 amide bonds. The molecule has 0 aliphatic carbocycles. The third-order valence-electron chi connectivity index (χ3n) is 3.06. The summed E-state index contributed by atoms with van der Waals surface area (Å²) in [6.45, 7) is 4.34. The zero-order chi connectivity index (χ0) is 13.2. The van der Waals surface area contributed by atoms with E-state index in [1.807, 2.05) is 50.3 Å². The summed E-state index contributed by atoms with van der Waals surface area (Å²) in [5, 5.41) is 9.06. The van der Waals surface area contributed by atoms with Gasteiger partial charge in [-0.3, -0.25) is 0 Å². The molecule has 0 saturated heterocycles. The molecule has 0 bridgehead atoms. The fraction of sp³-hybridized carbons (Fsp3) is 0.267. The van der Waals surface area contributed by atoms with Crippen molar-refractivity contribution in [3.63, 3.8) is 0 Å². The van der Waals surface area contributed by atoms with E-state index in [1.165, 1.54) is 0 Å². The topological polar surface area (TPSA) is 59.0 Å². The fourth-order valence-electron chi connectivity index (χ4n) is 1.95. The van der Waals surface area contributed by atoms with Gasteiger partial charge in [0, 0.05) is 5.69 Å². The van der Waals surface area contributed by atoms with E-state index in [9.17, 15) is 0 Å². The highest BCUT2D eigenvalue weighted by Gasteiger charge is 2.31. The molecule has 1 heterocycles. The maximum atomic E-state index is 9.06. The number of hydrogen-bond acceptors (Lipinski definition) is 3. The van der Waals surface area contributed by atoms with Gasteiger partial charge in [-0.15, -0.1) is 0 Å². The van der Waals surface area contributed by atoms with Gasteiger partial charge in [-0.05, 0) is 37.1 Å². The Morgan fingerprint density at radius 3 is 2.56 bits per heavy atom. The molecule has 0 radical (unpaired) electrons. The van der Waals surface area contributed by atoms with Crippen molar-refractivity contribution in [2.75, 3.05) is 12.3 Å². The van der Waals surface area contributed by atoms with Crippen LogP contribution in [0.2, 0.25) is 0 Å². The summed E-state index contributed by atoms with van der Waals surface area (Å²) in [5.41, 5.74) is 8.69. The van der Waals surface area contributed by atoms with Crippen molar-refractivity contribution in [3.8, 4) is 6.07 Å². The minimum atomic E-state index is -0.393. The van der Waals surface area contributed by atoms with Crippen LogP contribution >= 0.6 is 0 Å². The summed E-state index contributed by atoms with van der Waals surface area (Å²) in [6, 6.07) is 9.80. The Hall–Kier alpha value is -2.05. The molecule has 1 aromatic rings. The van der Waals surface area contributed by atoms with Crippen LogP contribution in [-0.4, -0.2) is 12.2 Å². The van der Waals surface area contributed by atoms with Gasteiger partial charge in [-0.2, -0.15) is 5.26 Å². The van der Waals surface area contributed by atoms with E-state index in [0.29, 0.717) is 12.2 Å². The second-order valence-electron chi connectivity index (χ2n) is 4.80. The lowest BCUT2D eigenvalue weighted by atomic mass is 9.95. The first kappa shape index (κ1) is 12.4. The van der Waals surface area contributed by atoms with E-state index in [4.69, 9.17) is 15.7 Å². The molecule has 0 fully saturated rings. The lowest BCUT2D eigenvalue weighted by molar-refractivity contribution is 0.0512. The van der Waals surface area contributed by atoms with E-state index in [1.54, 1.807) is 0 Å².